The van der Waals surface area contributed by atoms with Crippen molar-refractivity contribution in [1.29, 1.82) is 0 Å². The Kier molecular flexibility index (Phi) is 6.06. The van der Waals surface area contributed by atoms with Crippen molar-refractivity contribution in [2.45, 2.75) is 69.6 Å². The van der Waals surface area contributed by atoms with E-state index in [9.17, 15) is 0 Å². The van der Waals surface area contributed by atoms with Gasteiger partial charge in [-0.2, -0.15) is 5.10 Å². The number of rotatable bonds is 6. The van der Waals surface area contributed by atoms with Crippen molar-refractivity contribution < 1.29 is 14.3 Å². The van der Waals surface area contributed by atoms with Crippen LogP contribution in [0.5, 0.6) is 5.75 Å². The van der Waals surface area contributed by atoms with Gasteiger partial charge in [-0.25, -0.2) is 9.67 Å². The summed E-state index contributed by atoms with van der Waals surface area (Å²) in [6, 6.07) is 8.44. The second-order valence-corrected chi connectivity index (χ2v) is 10.0. The van der Waals surface area contributed by atoms with E-state index in [2.05, 4.69) is 22.6 Å². The molecule has 0 atom stereocenters. The number of ether oxygens (including phenoxy) is 2. The highest BCUT2D eigenvalue weighted by atomic mass is 16.7. The number of benzene rings is 1. The molecule has 8 heteroatoms. The number of anilines is 1. The van der Waals surface area contributed by atoms with E-state index < -0.39 is 0 Å². The Bertz CT molecular complexity index is 1210. The first kappa shape index (κ1) is 22.3. The largest absolute Gasteiger partial charge is 0.497 e. The van der Waals surface area contributed by atoms with Crippen LogP contribution in [0.3, 0.4) is 0 Å². The fourth-order valence-electron chi connectivity index (χ4n) is 5.60. The van der Waals surface area contributed by atoms with Crippen LogP contribution in [0.15, 0.2) is 41.8 Å². The van der Waals surface area contributed by atoms with Gasteiger partial charge in [-0.15, -0.1) is 0 Å². The van der Waals surface area contributed by atoms with Crippen LogP contribution in [0.1, 0.15) is 62.5 Å². The fraction of sp³-hybridized carbons (Fsp3) is 0.519. The fourth-order valence-corrected chi connectivity index (χ4v) is 5.60. The van der Waals surface area contributed by atoms with E-state index in [1.807, 2.05) is 29.2 Å². The molecule has 6 rings (SSSR count). The zero-order chi connectivity index (χ0) is 23.7. The molecular weight excluding hydrogens is 442 g/mol. The maximum atomic E-state index is 6.09. The lowest BCUT2D eigenvalue weighted by Gasteiger charge is -2.30. The summed E-state index contributed by atoms with van der Waals surface area (Å²) in [6.45, 7) is 2.21. The lowest BCUT2D eigenvalue weighted by atomic mass is 9.81. The van der Waals surface area contributed by atoms with Gasteiger partial charge in [0.2, 0.25) is 0 Å². The van der Waals surface area contributed by atoms with Crippen LogP contribution >= 0.6 is 0 Å². The van der Waals surface area contributed by atoms with Crippen molar-refractivity contribution in [1.82, 2.24) is 14.8 Å². The molecular formula is C27H33N5O3. The van der Waals surface area contributed by atoms with Crippen LogP contribution in [0.2, 0.25) is 0 Å². The molecule has 184 valence electrons. The van der Waals surface area contributed by atoms with E-state index in [0.717, 1.165) is 84.6 Å². The summed E-state index contributed by atoms with van der Waals surface area (Å²) < 4.78 is 12.9. The summed E-state index contributed by atoms with van der Waals surface area (Å²) in [6.07, 6.45) is 12.6. The highest BCUT2D eigenvalue weighted by Crippen LogP contribution is 2.41. The number of methoxy groups -OCH3 is 1. The normalized spacial score (nSPS) is 20.1. The first-order valence-corrected chi connectivity index (χ1v) is 12.8. The second kappa shape index (κ2) is 9.49. The SMILES string of the molecule is COc1ccc(Cn2ncc3c(NC4CCOCC4)c(C4=NOC5(CCCCC5)C4)cnc32)cc1. The Morgan fingerprint density at radius 1 is 1.09 bits per heavy atom. The summed E-state index contributed by atoms with van der Waals surface area (Å²) in [5.41, 5.74) is 4.99. The molecule has 0 amide bonds. The van der Waals surface area contributed by atoms with E-state index in [4.69, 9.17) is 24.4 Å². The predicted octanol–water partition coefficient (Wildman–Crippen LogP) is 4.91. The van der Waals surface area contributed by atoms with Gasteiger partial charge in [-0.05, 0) is 56.2 Å². The molecule has 2 fully saturated rings. The average Bonchev–Trinajstić information content (AvgIpc) is 3.50. The lowest BCUT2D eigenvalue weighted by Crippen LogP contribution is -2.32. The van der Waals surface area contributed by atoms with Crippen LogP contribution in [-0.2, 0) is 16.1 Å². The van der Waals surface area contributed by atoms with E-state index >= 15 is 0 Å². The summed E-state index contributed by atoms with van der Waals surface area (Å²) in [5.74, 6) is 0.847. The van der Waals surface area contributed by atoms with Crippen molar-refractivity contribution >= 4 is 22.4 Å². The summed E-state index contributed by atoms with van der Waals surface area (Å²) in [4.78, 5) is 11.0. The van der Waals surface area contributed by atoms with Gasteiger partial charge >= 0.3 is 0 Å². The molecule has 1 saturated heterocycles. The molecule has 1 saturated carbocycles. The van der Waals surface area contributed by atoms with Crippen LogP contribution in [0.25, 0.3) is 11.0 Å². The molecule has 1 aliphatic carbocycles. The molecule has 2 aromatic heterocycles. The van der Waals surface area contributed by atoms with Gasteiger partial charge in [0.15, 0.2) is 5.65 Å². The summed E-state index contributed by atoms with van der Waals surface area (Å²) in [5, 5.41) is 14.2. The highest BCUT2D eigenvalue weighted by Gasteiger charge is 2.41. The van der Waals surface area contributed by atoms with E-state index in [0.29, 0.717) is 12.6 Å². The van der Waals surface area contributed by atoms with Gasteiger partial charge in [-0.3, -0.25) is 0 Å². The molecule has 2 aliphatic heterocycles. The third-order valence-corrected chi connectivity index (χ3v) is 7.64. The quantitative estimate of drug-likeness (QED) is 0.546. The Labute approximate surface area is 205 Å². The molecule has 1 spiro atoms. The monoisotopic (exact) mass is 475 g/mol. The lowest BCUT2D eigenvalue weighted by molar-refractivity contribution is -0.0449. The first-order valence-electron chi connectivity index (χ1n) is 12.8. The topological polar surface area (TPSA) is 82.8 Å². The molecule has 4 heterocycles. The number of fused-ring (bicyclic) bond motifs is 1. The Hall–Kier alpha value is -3.13. The van der Waals surface area contributed by atoms with E-state index in [-0.39, 0.29) is 5.60 Å². The number of pyridine rings is 1. The molecule has 1 N–H and O–H groups in total. The smallest absolute Gasteiger partial charge is 0.160 e. The molecule has 0 unspecified atom stereocenters. The minimum Gasteiger partial charge on any atom is -0.497 e. The Morgan fingerprint density at radius 2 is 1.89 bits per heavy atom. The van der Waals surface area contributed by atoms with E-state index in [1.54, 1.807) is 7.11 Å². The number of hydrogen-bond donors (Lipinski definition) is 1. The molecule has 0 bridgehead atoms. The molecule has 3 aliphatic rings. The zero-order valence-corrected chi connectivity index (χ0v) is 20.3. The number of oxime groups is 1. The van der Waals surface area contributed by atoms with Crippen molar-refractivity contribution in [2.75, 3.05) is 25.6 Å². The molecule has 35 heavy (non-hydrogen) atoms. The number of nitrogens with zero attached hydrogens (tertiary/aromatic N) is 4. The number of nitrogens with one attached hydrogen (secondary N) is 1. The highest BCUT2D eigenvalue weighted by molar-refractivity contribution is 6.10. The van der Waals surface area contributed by atoms with Crippen LogP contribution < -0.4 is 10.1 Å². The van der Waals surface area contributed by atoms with Crippen LogP contribution in [0.4, 0.5) is 5.69 Å². The maximum Gasteiger partial charge on any atom is 0.160 e. The first-order chi connectivity index (χ1) is 17.2. The maximum absolute atomic E-state index is 6.09. The van der Waals surface area contributed by atoms with E-state index in [1.165, 1.54) is 19.3 Å². The van der Waals surface area contributed by atoms with Crippen molar-refractivity contribution in [2.24, 2.45) is 5.16 Å². The Morgan fingerprint density at radius 3 is 2.66 bits per heavy atom. The van der Waals surface area contributed by atoms with Crippen LogP contribution in [-0.4, -0.2) is 52.4 Å². The minimum absolute atomic E-state index is 0.128. The zero-order valence-electron chi connectivity index (χ0n) is 20.3. The molecule has 1 aromatic carbocycles. The summed E-state index contributed by atoms with van der Waals surface area (Å²) in [7, 11) is 1.68. The third-order valence-electron chi connectivity index (χ3n) is 7.64. The molecule has 0 radical (unpaired) electrons. The minimum atomic E-state index is -0.128. The molecule has 3 aromatic rings. The van der Waals surface area contributed by atoms with Gasteiger partial charge in [0, 0.05) is 37.4 Å². The van der Waals surface area contributed by atoms with Crippen molar-refractivity contribution in [3.8, 4) is 5.75 Å². The van der Waals surface area contributed by atoms with Gasteiger partial charge < -0.3 is 19.6 Å². The van der Waals surface area contributed by atoms with Crippen molar-refractivity contribution in [3.05, 3.63) is 47.8 Å². The Balaban J connectivity index is 1.34. The van der Waals surface area contributed by atoms with Crippen molar-refractivity contribution in [3.63, 3.8) is 0 Å². The predicted molar refractivity (Wildman–Crippen MR) is 135 cm³/mol. The third kappa shape index (κ3) is 4.47. The number of hydrogen-bond acceptors (Lipinski definition) is 7. The van der Waals surface area contributed by atoms with Crippen LogP contribution in [0, 0.1) is 0 Å². The number of aromatic nitrogens is 3. The van der Waals surface area contributed by atoms with Gasteiger partial charge in [0.1, 0.15) is 11.4 Å². The standard InChI is InChI=1S/C27H33N5O3/c1-33-21-7-5-19(6-8-21)18-32-26-23(17-29-32)25(30-20-9-13-34-14-10-20)22(16-28-26)24-15-27(35-31-24)11-3-2-4-12-27/h5-8,16-17,20H,2-4,9-15,18H2,1H3,(H,28,30). The van der Waals surface area contributed by atoms with Gasteiger partial charge in [-0.1, -0.05) is 23.7 Å². The van der Waals surface area contributed by atoms with Gasteiger partial charge in [0.05, 0.1) is 36.6 Å². The average molecular weight is 476 g/mol. The second-order valence-electron chi connectivity index (χ2n) is 10.0. The summed E-state index contributed by atoms with van der Waals surface area (Å²) >= 11 is 0. The molecule has 8 nitrogen and oxygen atoms in total. The van der Waals surface area contributed by atoms with Gasteiger partial charge in [0.25, 0.3) is 0 Å².